The molecule has 2 saturated carbocycles. The molecule has 3 rings (SSSR count). The zero-order valence-electron chi connectivity index (χ0n) is 10.8. The molecule has 0 spiro atoms. The SMILES string of the molecule is NCC(C1CCCC1)N1C(=O)C2CCCC2C1=O. The number of rotatable bonds is 3. The fraction of sp³-hybridized carbons (Fsp3) is 0.857. The minimum absolute atomic E-state index is 0.0204. The molecule has 3 aliphatic rings. The van der Waals surface area contributed by atoms with Gasteiger partial charge in [-0.2, -0.15) is 0 Å². The Balaban J connectivity index is 1.82. The van der Waals surface area contributed by atoms with Gasteiger partial charge in [-0.25, -0.2) is 0 Å². The van der Waals surface area contributed by atoms with Crippen LogP contribution in [0.4, 0.5) is 0 Å². The van der Waals surface area contributed by atoms with Crippen LogP contribution in [-0.2, 0) is 9.59 Å². The molecule has 1 heterocycles. The Kier molecular flexibility index (Phi) is 3.14. The molecule has 0 aromatic heterocycles. The molecule has 3 atom stereocenters. The quantitative estimate of drug-likeness (QED) is 0.768. The maximum Gasteiger partial charge on any atom is 0.233 e. The Morgan fingerprint density at radius 2 is 1.56 bits per heavy atom. The van der Waals surface area contributed by atoms with Crippen molar-refractivity contribution in [2.75, 3.05) is 6.54 Å². The second-order valence-electron chi connectivity index (χ2n) is 6.04. The molecule has 2 aliphatic carbocycles. The Hall–Kier alpha value is -0.900. The number of imide groups is 1. The highest BCUT2D eigenvalue weighted by molar-refractivity contribution is 6.05. The normalized spacial score (nSPS) is 34.4. The van der Waals surface area contributed by atoms with E-state index < -0.39 is 0 Å². The second-order valence-corrected chi connectivity index (χ2v) is 6.04. The Morgan fingerprint density at radius 3 is 2.06 bits per heavy atom. The van der Waals surface area contributed by atoms with Crippen LogP contribution in [0.1, 0.15) is 44.9 Å². The highest BCUT2D eigenvalue weighted by Crippen LogP contribution is 2.42. The van der Waals surface area contributed by atoms with Gasteiger partial charge in [0.05, 0.1) is 17.9 Å². The monoisotopic (exact) mass is 250 g/mol. The van der Waals surface area contributed by atoms with Gasteiger partial charge >= 0.3 is 0 Å². The second kappa shape index (κ2) is 4.65. The Morgan fingerprint density at radius 1 is 1.00 bits per heavy atom. The van der Waals surface area contributed by atoms with E-state index in [4.69, 9.17) is 5.73 Å². The van der Waals surface area contributed by atoms with Gasteiger partial charge in [-0.15, -0.1) is 0 Å². The zero-order valence-corrected chi connectivity index (χ0v) is 10.8. The molecule has 3 fully saturated rings. The number of nitrogens with two attached hydrogens (primary N) is 1. The van der Waals surface area contributed by atoms with Crippen molar-refractivity contribution in [3.05, 3.63) is 0 Å². The number of likely N-dealkylation sites (tertiary alicyclic amines) is 1. The van der Waals surface area contributed by atoms with E-state index in [1.165, 1.54) is 12.8 Å². The van der Waals surface area contributed by atoms with Crippen LogP contribution in [0.25, 0.3) is 0 Å². The number of hydrogen-bond donors (Lipinski definition) is 1. The fourth-order valence-corrected chi connectivity index (χ4v) is 4.19. The van der Waals surface area contributed by atoms with Gasteiger partial charge in [0.2, 0.25) is 11.8 Å². The summed E-state index contributed by atoms with van der Waals surface area (Å²) in [5.74, 6) is 0.553. The third kappa shape index (κ3) is 1.69. The Bertz CT molecular complexity index is 341. The third-order valence-corrected chi connectivity index (χ3v) is 5.14. The van der Waals surface area contributed by atoms with E-state index in [1.54, 1.807) is 4.90 Å². The summed E-state index contributed by atoms with van der Waals surface area (Å²) in [6, 6.07) is -0.0295. The van der Waals surface area contributed by atoms with Crippen molar-refractivity contribution in [1.82, 2.24) is 4.90 Å². The largest absolute Gasteiger partial charge is 0.328 e. The molecular formula is C14H22N2O2. The highest BCUT2D eigenvalue weighted by Gasteiger charge is 2.52. The number of amides is 2. The summed E-state index contributed by atoms with van der Waals surface area (Å²) >= 11 is 0. The fourth-order valence-electron chi connectivity index (χ4n) is 4.19. The van der Waals surface area contributed by atoms with Crippen molar-refractivity contribution in [2.45, 2.75) is 51.0 Å². The summed E-state index contributed by atoms with van der Waals surface area (Å²) in [4.78, 5) is 26.4. The van der Waals surface area contributed by atoms with Crippen LogP contribution in [0.15, 0.2) is 0 Å². The molecule has 0 aromatic carbocycles. The predicted octanol–water partition coefficient (Wildman–Crippen LogP) is 1.29. The lowest BCUT2D eigenvalue weighted by Crippen LogP contribution is -2.48. The molecule has 0 bridgehead atoms. The van der Waals surface area contributed by atoms with E-state index in [0.29, 0.717) is 12.5 Å². The number of carbonyl (C=O) groups is 2. The molecular weight excluding hydrogens is 228 g/mol. The first-order chi connectivity index (χ1) is 8.74. The van der Waals surface area contributed by atoms with Gasteiger partial charge < -0.3 is 5.73 Å². The first-order valence-corrected chi connectivity index (χ1v) is 7.31. The lowest BCUT2D eigenvalue weighted by molar-refractivity contribution is -0.144. The molecule has 0 aromatic rings. The molecule has 100 valence electrons. The summed E-state index contributed by atoms with van der Waals surface area (Å²) in [6.45, 7) is 0.432. The van der Waals surface area contributed by atoms with E-state index in [9.17, 15) is 9.59 Å². The maximum absolute atomic E-state index is 12.4. The molecule has 3 unspecified atom stereocenters. The molecule has 1 aliphatic heterocycles. The van der Waals surface area contributed by atoms with Crippen LogP contribution in [-0.4, -0.2) is 29.3 Å². The molecule has 18 heavy (non-hydrogen) atoms. The van der Waals surface area contributed by atoms with Crippen LogP contribution in [0.3, 0.4) is 0 Å². The van der Waals surface area contributed by atoms with Crippen molar-refractivity contribution in [3.63, 3.8) is 0 Å². The van der Waals surface area contributed by atoms with Gasteiger partial charge in [-0.1, -0.05) is 19.3 Å². The van der Waals surface area contributed by atoms with Crippen LogP contribution in [0.5, 0.6) is 0 Å². The minimum atomic E-state index is -0.0295. The standard InChI is InChI=1S/C14H22N2O2/c15-8-12(9-4-1-2-5-9)16-13(17)10-6-3-7-11(10)14(16)18/h9-12H,1-8,15H2. The Labute approximate surface area is 108 Å². The van der Waals surface area contributed by atoms with E-state index in [-0.39, 0.29) is 29.7 Å². The van der Waals surface area contributed by atoms with Gasteiger partial charge in [0.15, 0.2) is 0 Å². The first kappa shape index (κ1) is 12.2. The molecule has 4 heteroatoms. The number of hydrogen-bond acceptors (Lipinski definition) is 3. The number of fused-ring (bicyclic) bond motifs is 1. The van der Waals surface area contributed by atoms with Gasteiger partial charge in [-0.05, 0) is 31.6 Å². The smallest absolute Gasteiger partial charge is 0.233 e. The average Bonchev–Trinajstić information content (AvgIpc) is 3.06. The lowest BCUT2D eigenvalue weighted by Gasteiger charge is -2.30. The van der Waals surface area contributed by atoms with Crippen LogP contribution in [0.2, 0.25) is 0 Å². The van der Waals surface area contributed by atoms with Gasteiger partial charge in [0.1, 0.15) is 0 Å². The average molecular weight is 250 g/mol. The van der Waals surface area contributed by atoms with Gasteiger partial charge in [0, 0.05) is 6.54 Å². The molecule has 1 saturated heterocycles. The molecule has 2 N–H and O–H groups in total. The van der Waals surface area contributed by atoms with Crippen LogP contribution in [0, 0.1) is 17.8 Å². The topological polar surface area (TPSA) is 63.4 Å². The summed E-state index contributed by atoms with van der Waals surface area (Å²) in [5.41, 5.74) is 5.86. The summed E-state index contributed by atoms with van der Waals surface area (Å²) in [7, 11) is 0. The van der Waals surface area contributed by atoms with Gasteiger partial charge in [-0.3, -0.25) is 14.5 Å². The van der Waals surface area contributed by atoms with Crippen LogP contribution >= 0.6 is 0 Å². The third-order valence-electron chi connectivity index (χ3n) is 5.14. The van der Waals surface area contributed by atoms with Crippen molar-refractivity contribution < 1.29 is 9.59 Å². The molecule has 0 radical (unpaired) electrons. The first-order valence-electron chi connectivity index (χ1n) is 7.31. The number of carbonyl (C=O) groups excluding carboxylic acids is 2. The van der Waals surface area contributed by atoms with Crippen molar-refractivity contribution >= 4 is 11.8 Å². The number of nitrogens with zero attached hydrogens (tertiary/aromatic N) is 1. The lowest BCUT2D eigenvalue weighted by atomic mass is 9.96. The van der Waals surface area contributed by atoms with Crippen molar-refractivity contribution in [3.8, 4) is 0 Å². The minimum Gasteiger partial charge on any atom is -0.328 e. The van der Waals surface area contributed by atoms with E-state index in [0.717, 1.165) is 32.1 Å². The maximum atomic E-state index is 12.4. The summed E-state index contributed by atoms with van der Waals surface area (Å²) in [6.07, 6.45) is 7.48. The van der Waals surface area contributed by atoms with Crippen LogP contribution < -0.4 is 5.73 Å². The molecule has 4 nitrogen and oxygen atoms in total. The van der Waals surface area contributed by atoms with Crippen molar-refractivity contribution in [1.29, 1.82) is 0 Å². The summed E-state index contributed by atoms with van der Waals surface area (Å²) in [5, 5.41) is 0. The van der Waals surface area contributed by atoms with Crippen molar-refractivity contribution in [2.24, 2.45) is 23.5 Å². The van der Waals surface area contributed by atoms with E-state index in [1.807, 2.05) is 0 Å². The van der Waals surface area contributed by atoms with Gasteiger partial charge in [0.25, 0.3) is 0 Å². The molecule has 2 amide bonds. The predicted molar refractivity (Wildman–Crippen MR) is 67.5 cm³/mol. The summed E-state index contributed by atoms with van der Waals surface area (Å²) < 4.78 is 0. The van der Waals surface area contributed by atoms with E-state index >= 15 is 0 Å². The zero-order chi connectivity index (χ0) is 12.7. The highest BCUT2D eigenvalue weighted by atomic mass is 16.2. The van der Waals surface area contributed by atoms with E-state index in [2.05, 4.69) is 0 Å².